The average Bonchev–Trinajstić information content (AvgIpc) is 3.09. The van der Waals surface area contributed by atoms with E-state index in [2.05, 4.69) is 19.2 Å². The molecule has 32 heavy (non-hydrogen) atoms. The number of rotatable bonds is 4. The zero-order chi connectivity index (χ0) is 23.3. The van der Waals surface area contributed by atoms with Gasteiger partial charge in [0.1, 0.15) is 17.3 Å². The number of nitrogens with zero attached hydrogens (tertiary/aromatic N) is 1. The number of hydrogen-bond acceptors (Lipinski definition) is 4. The first-order valence-corrected chi connectivity index (χ1v) is 12.6. The summed E-state index contributed by atoms with van der Waals surface area (Å²) in [6, 6.07) is 5.28. The minimum Gasteiger partial charge on any atom is -0.466 e. The number of aryl methyl sites for hydroxylation is 1. The Morgan fingerprint density at radius 3 is 2.59 bits per heavy atom. The van der Waals surface area contributed by atoms with Gasteiger partial charge in [-0.3, -0.25) is 4.79 Å². The first-order chi connectivity index (χ1) is 15.0. The summed E-state index contributed by atoms with van der Waals surface area (Å²) in [6.07, 6.45) is 2.51. The van der Waals surface area contributed by atoms with E-state index in [1.165, 1.54) is 10.4 Å². The number of carbonyl (C=O) groups excluding carboxylic acids is 1. The molecular weight excluding hydrogens is 455 g/mol. The molecule has 0 radical (unpaired) electrons. The Bertz CT molecular complexity index is 1140. The number of nitrogens with one attached hydrogen (secondary N) is 1. The van der Waals surface area contributed by atoms with Crippen molar-refractivity contribution in [2.45, 2.75) is 57.4 Å². The molecule has 2 aliphatic rings. The highest BCUT2D eigenvalue weighted by molar-refractivity contribution is 7.89. The van der Waals surface area contributed by atoms with Crippen LogP contribution in [0.3, 0.4) is 0 Å². The highest BCUT2D eigenvalue weighted by Gasteiger charge is 2.38. The predicted octanol–water partition coefficient (Wildman–Crippen LogP) is 4.61. The van der Waals surface area contributed by atoms with Crippen LogP contribution >= 0.6 is 11.6 Å². The largest absolute Gasteiger partial charge is 0.466 e. The van der Waals surface area contributed by atoms with Crippen molar-refractivity contribution < 1.29 is 22.0 Å². The summed E-state index contributed by atoms with van der Waals surface area (Å²) in [5.74, 6) is 0.788. The van der Waals surface area contributed by atoms with Crippen molar-refractivity contribution in [1.29, 1.82) is 0 Å². The number of sulfonamides is 1. The highest BCUT2D eigenvalue weighted by Crippen LogP contribution is 2.42. The van der Waals surface area contributed by atoms with Gasteiger partial charge in [0.2, 0.25) is 15.9 Å². The summed E-state index contributed by atoms with van der Waals surface area (Å²) in [5, 5.41) is 2.95. The maximum Gasteiger partial charge on any atom is 0.243 e. The van der Waals surface area contributed by atoms with Crippen LogP contribution in [0.5, 0.6) is 0 Å². The SMILES string of the molecule is Cc1cc2c(o1)CC(C)(C)CC2NC(=O)C1CCN(S(=O)(=O)c2ccc(F)c(Cl)c2)CC1. The van der Waals surface area contributed by atoms with Crippen molar-refractivity contribution in [2.24, 2.45) is 11.3 Å². The van der Waals surface area contributed by atoms with Gasteiger partial charge in [-0.2, -0.15) is 4.31 Å². The Hall–Kier alpha value is -1.90. The van der Waals surface area contributed by atoms with Crippen LogP contribution in [0.1, 0.15) is 56.2 Å². The molecule has 2 aromatic rings. The van der Waals surface area contributed by atoms with Gasteiger partial charge >= 0.3 is 0 Å². The second-order valence-corrected chi connectivity index (χ2v) is 11.9. The Labute approximate surface area is 193 Å². The third kappa shape index (κ3) is 4.58. The van der Waals surface area contributed by atoms with Crippen LogP contribution in [-0.4, -0.2) is 31.7 Å². The first-order valence-electron chi connectivity index (χ1n) is 10.8. The molecule has 2 heterocycles. The van der Waals surface area contributed by atoms with E-state index >= 15 is 0 Å². The number of fused-ring (bicyclic) bond motifs is 1. The lowest BCUT2D eigenvalue weighted by molar-refractivity contribution is -0.127. The third-order valence-corrected chi connectivity index (χ3v) is 8.59. The maximum atomic E-state index is 13.4. The molecule has 1 unspecified atom stereocenters. The van der Waals surface area contributed by atoms with Crippen molar-refractivity contribution >= 4 is 27.5 Å². The molecule has 1 N–H and O–H groups in total. The molecule has 0 spiro atoms. The average molecular weight is 483 g/mol. The fourth-order valence-corrected chi connectivity index (χ4v) is 6.49. The lowest BCUT2D eigenvalue weighted by atomic mass is 9.74. The fourth-order valence-electron chi connectivity index (χ4n) is 4.75. The van der Waals surface area contributed by atoms with E-state index in [1.807, 2.05) is 13.0 Å². The van der Waals surface area contributed by atoms with Gasteiger partial charge in [-0.25, -0.2) is 12.8 Å². The molecule has 1 aliphatic heterocycles. The highest BCUT2D eigenvalue weighted by atomic mass is 35.5. The molecular formula is C23H28ClFN2O4S. The molecule has 174 valence electrons. The summed E-state index contributed by atoms with van der Waals surface area (Å²) in [7, 11) is -3.79. The molecule has 0 saturated carbocycles. The Morgan fingerprint density at radius 1 is 1.25 bits per heavy atom. The van der Waals surface area contributed by atoms with Gasteiger partial charge in [-0.1, -0.05) is 25.4 Å². The number of halogens is 2. The summed E-state index contributed by atoms with van der Waals surface area (Å²) < 4.78 is 46.4. The number of carbonyl (C=O) groups is 1. The van der Waals surface area contributed by atoms with Gasteiger partial charge in [-0.05, 0) is 55.9 Å². The molecule has 4 rings (SSSR count). The molecule has 1 aromatic carbocycles. The lowest BCUT2D eigenvalue weighted by Gasteiger charge is -2.36. The van der Waals surface area contributed by atoms with Crippen LogP contribution in [0.4, 0.5) is 4.39 Å². The lowest BCUT2D eigenvalue weighted by Crippen LogP contribution is -2.44. The van der Waals surface area contributed by atoms with E-state index in [9.17, 15) is 17.6 Å². The monoisotopic (exact) mass is 482 g/mol. The van der Waals surface area contributed by atoms with Crippen LogP contribution in [0.2, 0.25) is 5.02 Å². The van der Waals surface area contributed by atoms with E-state index in [-0.39, 0.29) is 46.3 Å². The molecule has 1 aromatic heterocycles. The van der Waals surface area contributed by atoms with Crippen molar-refractivity contribution in [3.8, 4) is 0 Å². The standard InChI is InChI=1S/C23H28ClFN2O4S/c1-14-10-17-20(12-23(2,3)13-21(17)31-14)26-22(28)15-6-8-27(9-7-15)32(29,30)16-4-5-19(25)18(24)11-16/h4-5,10-11,15,20H,6-9,12-13H2,1-3H3,(H,26,28). The first kappa shape index (κ1) is 23.3. The normalized spacial score (nSPS) is 21.8. The second kappa shape index (κ2) is 8.47. The molecule has 1 aliphatic carbocycles. The number of furan rings is 1. The molecule has 1 atom stereocenters. The summed E-state index contributed by atoms with van der Waals surface area (Å²) >= 11 is 5.76. The van der Waals surface area contributed by atoms with E-state index in [1.54, 1.807) is 0 Å². The molecule has 0 bridgehead atoms. The van der Waals surface area contributed by atoms with Gasteiger partial charge in [0.25, 0.3) is 0 Å². The summed E-state index contributed by atoms with van der Waals surface area (Å²) in [6.45, 7) is 6.69. The van der Waals surface area contributed by atoms with E-state index in [0.717, 1.165) is 42.1 Å². The van der Waals surface area contributed by atoms with Gasteiger partial charge in [0.05, 0.1) is 16.0 Å². The maximum absolute atomic E-state index is 13.4. The topological polar surface area (TPSA) is 79.6 Å². The van der Waals surface area contributed by atoms with Crippen LogP contribution in [0, 0.1) is 24.1 Å². The Morgan fingerprint density at radius 2 is 1.94 bits per heavy atom. The smallest absolute Gasteiger partial charge is 0.243 e. The Kier molecular flexibility index (Phi) is 6.15. The quantitative estimate of drug-likeness (QED) is 0.690. The Balaban J connectivity index is 1.41. The van der Waals surface area contributed by atoms with Crippen molar-refractivity contribution in [3.63, 3.8) is 0 Å². The van der Waals surface area contributed by atoms with Crippen LogP contribution in [0.15, 0.2) is 33.6 Å². The van der Waals surface area contributed by atoms with Crippen molar-refractivity contribution in [3.05, 3.63) is 52.2 Å². The minimum absolute atomic E-state index is 0.0170. The third-order valence-electron chi connectivity index (χ3n) is 6.41. The molecule has 6 nitrogen and oxygen atoms in total. The zero-order valence-electron chi connectivity index (χ0n) is 18.5. The predicted molar refractivity (Wildman–Crippen MR) is 119 cm³/mol. The number of benzene rings is 1. The van der Waals surface area contributed by atoms with Gasteiger partial charge in [0.15, 0.2) is 0 Å². The van der Waals surface area contributed by atoms with E-state index in [4.69, 9.17) is 16.0 Å². The summed E-state index contributed by atoms with van der Waals surface area (Å²) in [4.78, 5) is 13.0. The van der Waals surface area contributed by atoms with E-state index in [0.29, 0.717) is 12.8 Å². The molecule has 9 heteroatoms. The number of hydrogen-bond donors (Lipinski definition) is 1. The van der Waals surface area contributed by atoms with Crippen molar-refractivity contribution in [2.75, 3.05) is 13.1 Å². The van der Waals surface area contributed by atoms with Crippen LogP contribution < -0.4 is 5.32 Å². The summed E-state index contributed by atoms with van der Waals surface area (Å²) in [5.41, 5.74) is 1.06. The van der Waals surface area contributed by atoms with Crippen LogP contribution in [-0.2, 0) is 21.2 Å². The van der Waals surface area contributed by atoms with E-state index < -0.39 is 15.8 Å². The molecule has 1 fully saturated rings. The zero-order valence-corrected chi connectivity index (χ0v) is 20.0. The second-order valence-electron chi connectivity index (χ2n) is 9.60. The number of piperidine rings is 1. The van der Waals surface area contributed by atoms with Crippen molar-refractivity contribution in [1.82, 2.24) is 9.62 Å². The molecule has 1 amide bonds. The molecule has 1 saturated heterocycles. The van der Waals surface area contributed by atoms with Gasteiger partial charge in [-0.15, -0.1) is 0 Å². The van der Waals surface area contributed by atoms with Crippen LogP contribution in [0.25, 0.3) is 0 Å². The van der Waals surface area contributed by atoms with Gasteiger partial charge < -0.3 is 9.73 Å². The minimum atomic E-state index is -3.79. The fraction of sp³-hybridized carbons (Fsp3) is 0.522. The number of amides is 1. The van der Waals surface area contributed by atoms with Gasteiger partial charge in [0, 0.05) is 31.0 Å².